The second-order valence-electron chi connectivity index (χ2n) is 7.28. The lowest BCUT2D eigenvalue weighted by Crippen LogP contribution is -2.25. The molecule has 0 aliphatic rings. The summed E-state index contributed by atoms with van der Waals surface area (Å²) in [6, 6.07) is 0. The molecule has 26 heavy (non-hydrogen) atoms. The highest BCUT2D eigenvalue weighted by molar-refractivity contribution is 5.75. The molecule has 3 nitrogen and oxygen atoms in total. The van der Waals surface area contributed by atoms with Crippen LogP contribution in [0, 0.1) is 0 Å². The molecule has 0 heterocycles. The van der Waals surface area contributed by atoms with Crippen molar-refractivity contribution < 1.29 is 9.53 Å². The fourth-order valence-electron chi connectivity index (χ4n) is 3.03. The second kappa shape index (κ2) is 22.2. The third kappa shape index (κ3) is 21.2. The zero-order valence-electron chi connectivity index (χ0n) is 17.7. The Bertz CT molecular complexity index is 315. The molecule has 0 bridgehead atoms. The maximum Gasteiger partial charge on any atom is 0.221 e. The van der Waals surface area contributed by atoms with Crippen molar-refractivity contribution in [1.29, 1.82) is 0 Å². The van der Waals surface area contributed by atoms with Crippen molar-refractivity contribution in [2.24, 2.45) is 0 Å². The quantitative estimate of drug-likeness (QED) is 0.144. The molecule has 0 aliphatic carbocycles. The van der Waals surface area contributed by atoms with Gasteiger partial charge in [0.2, 0.25) is 5.91 Å². The minimum atomic E-state index is 0.119. The number of nitrogens with one attached hydrogen (secondary N) is 1. The normalized spacial score (nSPS) is 11.3. The van der Waals surface area contributed by atoms with E-state index >= 15 is 0 Å². The van der Waals surface area contributed by atoms with Crippen molar-refractivity contribution in [2.75, 3.05) is 13.3 Å². The SMILES string of the molecule is CCCCCC/C=C\CCCCCCCCCCCC(=O)NCOCC. The minimum absolute atomic E-state index is 0.119. The van der Waals surface area contributed by atoms with Gasteiger partial charge in [0, 0.05) is 13.0 Å². The third-order valence-electron chi connectivity index (χ3n) is 4.74. The predicted molar refractivity (Wildman–Crippen MR) is 113 cm³/mol. The van der Waals surface area contributed by atoms with Crippen LogP contribution in [0.3, 0.4) is 0 Å². The number of unbranched alkanes of at least 4 members (excludes halogenated alkanes) is 13. The zero-order valence-corrected chi connectivity index (χ0v) is 17.7. The summed E-state index contributed by atoms with van der Waals surface area (Å²) in [7, 11) is 0. The van der Waals surface area contributed by atoms with Gasteiger partial charge in [0.1, 0.15) is 6.73 Å². The van der Waals surface area contributed by atoms with Gasteiger partial charge in [0.25, 0.3) is 0 Å². The standard InChI is InChI=1S/C23H45NO2/c1-3-5-6-7-8-9-10-11-12-13-14-15-16-17-18-19-20-21-23(25)24-22-26-4-2/h9-10H,3-8,11-22H2,1-2H3,(H,24,25)/b10-9-. The fraction of sp³-hybridized carbons (Fsp3) is 0.870. The van der Waals surface area contributed by atoms with Crippen LogP contribution in [0.15, 0.2) is 12.2 Å². The van der Waals surface area contributed by atoms with Crippen LogP contribution in [0.5, 0.6) is 0 Å². The average Bonchev–Trinajstić information content (AvgIpc) is 2.64. The highest BCUT2D eigenvalue weighted by atomic mass is 16.5. The fourth-order valence-corrected chi connectivity index (χ4v) is 3.03. The highest BCUT2D eigenvalue weighted by Crippen LogP contribution is 2.12. The molecule has 0 spiro atoms. The Hall–Kier alpha value is -0.830. The van der Waals surface area contributed by atoms with Crippen molar-refractivity contribution in [3.63, 3.8) is 0 Å². The van der Waals surface area contributed by atoms with E-state index in [1.807, 2.05) is 6.92 Å². The summed E-state index contributed by atoms with van der Waals surface area (Å²) in [6.45, 7) is 5.20. The summed E-state index contributed by atoms with van der Waals surface area (Å²) in [5, 5.41) is 2.77. The lowest BCUT2D eigenvalue weighted by molar-refractivity contribution is -0.122. The van der Waals surface area contributed by atoms with Crippen molar-refractivity contribution in [3.8, 4) is 0 Å². The largest absolute Gasteiger partial charge is 0.362 e. The van der Waals surface area contributed by atoms with Crippen LogP contribution in [0.4, 0.5) is 0 Å². The van der Waals surface area contributed by atoms with Gasteiger partial charge in [0.05, 0.1) is 0 Å². The maximum atomic E-state index is 11.5. The van der Waals surface area contributed by atoms with Crippen LogP contribution < -0.4 is 5.32 Å². The van der Waals surface area contributed by atoms with Gasteiger partial charge in [-0.1, -0.05) is 83.3 Å². The number of hydrogen-bond donors (Lipinski definition) is 1. The molecular formula is C23H45NO2. The first-order valence-electron chi connectivity index (χ1n) is 11.3. The molecule has 1 amide bonds. The lowest BCUT2D eigenvalue weighted by Gasteiger charge is -2.05. The van der Waals surface area contributed by atoms with Crippen molar-refractivity contribution in [2.45, 2.75) is 117 Å². The Balaban J connectivity index is 3.13. The Kier molecular flexibility index (Phi) is 21.5. The molecule has 0 aliphatic heterocycles. The Morgan fingerprint density at radius 1 is 0.731 bits per heavy atom. The highest BCUT2D eigenvalue weighted by Gasteiger charge is 2.00. The van der Waals surface area contributed by atoms with Gasteiger partial charge in [-0.05, 0) is 39.0 Å². The first-order chi connectivity index (χ1) is 12.8. The van der Waals surface area contributed by atoms with Crippen molar-refractivity contribution in [3.05, 3.63) is 12.2 Å². The number of ether oxygens (including phenoxy) is 1. The second-order valence-corrected chi connectivity index (χ2v) is 7.28. The molecule has 3 heteroatoms. The molecule has 0 fully saturated rings. The summed E-state index contributed by atoms with van der Waals surface area (Å²) in [5.74, 6) is 0.119. The number of hydrogen-bond acceptors (Lipinski definition) is 2. The smallest absolute Gasteiger partial charge is 0.221 e. The van der Waals surface area contributed by atoms with Gasteiger partial charge in [-0.25, -0.2) is 0 Å². The van der Waals surface area contributed by atoms with Crippen LogP contribution in [0.25, 0.3) is 0 Å². The molecule has 0 saturated carbocycles. The Morgan fingerprint density at radius 3 is 1.77 bits per heavy atom. The first-order valence-corrected chi connectivity index (χ1v) is 11.3. The van der Waals surface area contributed by atoms with Gasteiger partial charge >= 0.3 is 0 Å². The predicted octanol–water partition coefficient (Wildman–Crippen LogP) is 6.91. The Labute approximate surface area is 163 Å². The van der Waals surface area contributed by atoms with E-state index in [-0.39, 0.29) is 5.91 Å². The molecule has 1 N–H and O–H groups in total. The van der Waals surface area contributed by atoms with Crippen LogP contribution in [-0.2, 0) is 9.53 Å². The number of amides is 1. The summed E-state index contributed by atoms with van der Waals surface area (Å²) in [4.78, 5) is 11.5. The van der Waals surface area contributed by atoms with E-state index in [1.54, 1.807) is 0 Å². The van der Waals surface area contributed by atoms with Crippen molar-refractivity contribution in [1.82, 2.24) is 5.32 Å². The molecule has 0 atom stereocenters. The van der Waals surface area contributed by atoms with Gasteiger partial charge in [-0.3, -0.25) is 4.79 Å². The summed E-state index contributed by atoms with van der Waals surface area (Å²) in [6.07, 6.45) is 25.0. The van der Waals surface area contributed by atoms with E-state index in [1.165, 1.54) is 89.9 Å². The molecule has 0 radical (unpaired) electrons. The maximum absolute atomic E-state index is 11.5. The number of carbonyl (C=O) groups excluding carboxylic acids is 1. The van der Waals surface area contributed by atoms with Crippen LogP contribution >= 0.6 is 0 Å². The summed E-state index contributed by atoms with van der Waals surface area (Å²) in [5.41, 5.74) is 0. The van der Waals surface area contributed by atoms with E-state index in [9.17, 15) is 4.79 Å². The third-order valence-corrected chi connectivity index (χ3v) is 4.74. The molecule has 0 aromatic carbocycles. The minimum Gasteiger partial charge on any atom is -0.362 e. The number of allylic oxidation sites excluding steroid dienone is 2. The van der Waals surface area contributed by atoms with Gasteiger partial charge in [-0.15, -0.1) is 0 Å². The molecule has 0 saturated heterocycles. The van der Waals surface area contributed by atoms with Crippen LogP contribution in [0.2, 0.25) is 0 Å². The monoisotopic (exact) mass is 367 g/mol. The Morgan fingerprint density at radius 2 is 1.23 bits per heavy atom. The molecule has 0 aromatic heterocycles. The van der Waals surface area contributed by atoms with E-state index in [4.69, 9.17) is 4.74 Å². The summed E-state index contributed by atoms with van der Waals surface area (Å²) >= 11 is 0. The average molecular weight is 368 g/mol. The first kappa shape index (κ1) is 25.2. The van der Waals surface area contributed by atoms with Crippen molar-refractivity contribution >= 4 is 5.91 Å². The topological polar surface area (TPSA) is 38.3 Å². The molecule has 0 unspecified atom stereocenters. The lowest BCUT2D eigenvalue weighted by atomic mass is 10.1. The van der Waals surface area contributed by atoms with E-state index < -0.39 is 0 Å². The van der Waals surface area contributed by atoms with Crippen LogP contribution in [0.1, 0.15) is 117 Å². The van der Waals surface area contributed by atoms with Gasteiger partial charge in [-0.2, -0.15) is 0 Å². The van der Waals surface area contributed by atoms with E-state index in [0.717, 1.165) is 6.42 Å². The van der Waals surface area contributed by atoms with Crippen LogP contribution in [-0.4, -0.2) is 19.2 Å². The number of carbonyl (C=O) groups is 1. The van der Waals surface area contributed by atoms with E-state index in [0.29, 0.717) is 19.8 Å². The van der Waals surface area contributed by atoms with Gasteiger partial charge < -0.3 is 10.1 Å². The molecular weight excluding hydrogens is 322 g/mol. The molecule has 154 valence electrons. The van der Waals surface area contributed by atoms with Gasteiger partial charge in [0.15, 0.2) is 0 Å². The van der Waals surface area contributed by atoms with E-state index in [2.05, 4.69) is 24.4 Å². The zero-order chi connectivity index (χ0) is 19.1. The summed E-state index contributed by atoms with van der Waals surface area (Å²) < 4.78 is 5.11. The molecule has 0 rings (SSSR count). The number of rotatable bonds is 20. The molecule has 0 aromatic rings.